The lowest BCUT2D eigenvalue weighted by molar-refractivity contribution is 1.09. The number of benzene rings is 3. The fourth-order valence-corrected chi connectivity index (χ4v) is 4.93. The molecule has 34 heavy (non-hydrogen) atoms. The lowest BCUT2D eigenvalue weighted by Gasteiger charge is -2.12. The summed E-state index contributed by atoms with van der Waals surface area (Å²) in [5.74, 6) is 0. The lowest BCUT2D eigenvalue weighted by atomic mass is 10.1. The molecular weight excluding hydrogens is 416 g/mol. The summed E-state index contributed by atoms with van der Waals surface area (Å²) in [7, 11) is 0. The van der Waals surface area contributed by atoms with Gasteiger partial charge in [-0.05, 0) is 48.5 Å². The second-order valence-electron chi connectivity index (χ2n) is 8.39. The van der Waals surface area contributed by atoms with Gasteiger partial charge in [-0.1, -0.05) is 54.6 Å². The summed E-state index contributed by atoms with van der Waals surface area (Å²) in [6.07, 6.45) is 5.86. The minimum absolute atomic E-state index is 0.865. The van der Waals surface area contributed by atoms with Crippen LogP contribution >= 0.6 is 0 Å². The number of nitrogens with zero attached hydrogens (tertiary/aromatic N) is 4. The van der Waals surface area contributed by atoms with Crippen LogP contribution in [0, 0.1) is 0 Å². The largest absolute Gasteiger partial charge is 0.313 e. The molecule has 0 bridgehead atoms. The predicted molar refractivity (Wildman–Crippen MR) is 139 cm³/mol. The Labute approximate surface area is 196 Å². The van der Waals surface area contributed by atoms with Crippen molar-refractivity contribution in [2.45, 2.75) is 0 Å². The molecule has 0 radical (unpaired) electrons. The van der Waals surface area contributed by atoms with E-state index < -0.39 is 0 Å². The maximum atomic E-state index is 4.73. The highest BCUT2D eigenvalue weighted by molar-refractivity contribution is 6.18. The van der Waals surface area contributed by atoms with E-state index >= 15 is 0 Å². The van der Waals surface area contributed by atoms with Gasteiger partial charge in [0.05, 0.1) is 39.8 Å². The average molecular weight is 437 g/mol. The van der Waals surface area contributed by atoms with Crippen molar-refractivity contribution < 1.29 is 0 Å². The first kappa shape index (κ1) is 18.8. The van der Waals surface area contributed by atoms with Crippen molar-refractivity contribution >= 4 is 32.7 Å². The number of para-hydroxylation sites is 2. The van der Waals surface area contributed by atoms with Gasteiger partial charge in [0.15, 0.2) is 0 Å². The van der Waals surface area contributed by atoms with Crippen LogP contribution in [0.15, 0.2) is 122 Å². The molecule has 4 heteroatoms. The van der Waals surface area contributed by atoms with Crippen LogP contribution in [0.1, 0.15) is 0 Å². The van der Waals surface area contributed by atoms with Crippen molar-refractivity contribution in [3.05, 3.63) is 122 Å². The van der Waals surface area contributed by atoms with Crippen molar-refractivity contribution in [3.63, 3.8) is 0 Å². The molecule has 0 amide bonds. The third-order valence-electron chi connectivity index (χ3n) is 6.45. The minimum atomic E-state index is 0.865. The number of fused-ring (bicyclic) bond motifs is 5. The van der Waals surface area contributed by atoms with Crippen molar-refractivity contribution in [1.29, 1.82) is 0 Å². The summed E-state index contributed by atoms with van der Waals surface area (Å²) in [6.45, 7) is 0. The molecule has 0 aliphatic rings. The molecule has 7 rings (SSSR count). The lowest BCUT2D eigenvalue weighted by Crippen LogP contribution is -1.98. The van der Waals surface area contributed by atoms with Crippen molar-refractivity contribution in [2.24, 2.45) is 0 Å². The quantitative estimate of drug-likeness (QED) is 0.294. The highest BCUT2D eigenvalue weighted by atomic mass is 15.0. The highest BCUT2D eigenvalue weighted by Crippen LogP contribution is 2.37. The fourth-order valence-electron chi connectivity index (χ4n) is 4.93. The van der Waals surface area contributed by atoms with Crippen molar-refractivity contribution in [1.82, 2.24) is 19.1 Å². The van der Waals surface area contributed by atoms with Crippen LogP contribution in [0.3, 0.4) is 0 Å². The Hall–Kier alpha value is -4.70. The van der Waals surface area contributed by atoms with Crippen LogP contribution in [0.25, 0.3) is 55.5 Å². The van der Waals surface area contributed by atoms with E-state index in [2.05, 4.69) is 99.2 Å². The van der Waals surface area contributed by atoms with Crippen molar-refractivity contribution in [2.75, 3.05) is 0 Å². The molecule has 0 atom stereocenters. The molecule has 0 fully saturated rings. The normalized spacial score (nSPS) is 11.5. The van der Waals surface area contributed by atoms with Gasteiger partial charge in [-0.15, -0.1) is 0 Å². The number of pyridine rings is 2. The van der Waals surface area contributed by atoms with Gasteiger partial charge >= 0.3 is 0 Å². The van der Waals surface area contributed by atoms with Gasteiger partial charge in [0.2, 0.25) is 0 Å². The van der Waals surface area contributed by atoms with E-state index in [0.29, 0.717) is 0 Å². The topological polar surface area (TPSA) is 35.6 Å². The molecule has 3 aromatic carbocycles. The maximum Gasteiger partial charge on any atom is 0.0887 e. The van der Waals surface area contributed by atoms with Gasteiger partial charge in [0.25, 0.3) is 0 Å². The first-order valence-electron chi connectivity index (χ1n) is 11.3. The standard InChI is InChI=1S/C30H20N4/c1-2-8-22(9-3-1)34-28-12-5-4-10-24(28)25-15-13-21-17-19-33(29(21)30(25)34)23-14-16-27(32-20-23)26-11-6-7-18-31-26/h1-20H. The van der Waals surface area contributed by atoms with E-state index in [-0.39, 0.29) is 0 Å². The monoisotopic (exact) mass is 436 g/mol. The molecule has 0 saturated heterocycles. The van der Waals surface area contributed by atoms with E-state index in [9.17, 15) is 0 Å². The Balaban J connectivity index is 1.52. The summed E-state index contributed by atoms with van der Waals surface area (Å²) in [6, 6.07) is 35.9. The third-order valence-corrected chi connectivity index (χ3v) is 6.45. The van der Waals surface area contributed by atoms with E-state index in [1.165, 1.54) is 32.7 Å². The Kier molecular flexibility index (Phi) is 4.11. The molecule has 160 valence electrons. The molecule has 4 heterocycles. The minimum Gasteiger partial charge on any atom is -0.313 e. The van der Waals surface area contributed by atoms with Crippen LogP contribution in [0.2, 0.25) is 0 Å². The molecule has 0 spiro atoms. The van der Waals surface area contributed by atoms with Crippen LogP contribution in [-0.4, -0.2) is 19.1 Å². The van der Waals surface area contributed by atoms with Crippen LogP contribution in [-0.2, 0) is 0 Å². The van der Waals surface area contributed by atoms with E-state index in [1.54, 1.807) is 6.20 Å². The molecule has 7 aromatic rings. The highest BCUT2D eigenvalue weighted by Gasteiger charge is 2.17. The van der Waals surface area contributed by atoms with Gasteiger partial charge in [0.1, 0.15) is 0 Å². The Morgan fingerprint density at radius 1 is 0.529 bits per heavy atom. The van der Waals surface area contributed by atoms with Gasteiger partial charge in [-0.2, -0.15) is 0 Å². The van der Waals surface area contributed by atoms with Gasteiger partial charge < -0.3 is 9.13 Å². The molecule has 0 aliphatic heterocycles. The average Bonchev–Trinajstić information content (AvgIpc) is 3.49. The van der Waals surface area contributed by atoms with E-state index in [0.717, 1.165) is 22.8 Å². The maximum absolute atomic E-state index is 4.73. The van der Waals surface area contributed by atoms with Crippen LogP contribution < -0.4 is 0 Å². The molecule has 0 aliphatic carbocycles. The number of aromatic nitrogens is 4. The number of rotatable bonds is 3. The molecule has 0 saturated carbocycles. The SMILES string of the molecule is c1ccc(-n2c3ccccc3c3ccc4ccn(-c5ccc(-c6ccccn6)nc5)c4c32)cc1. The smallest absolute Gasteiger partial charge is 0.0887 e. The Morgan fingerprint density at radius 2 is 1.35 bits per heavy atom. The zero-order chi connectivity index (χ0) is 22.5. The molecule has 4 nitrogen and oxygen atoms in total. The first-order valence-corrected chi connectivity index (χ1v) is 11.3. The van der Waals surface area contributed by atoms with Crippen LogP contribution in [0.4, 0.5) is 0 Å². The van der Waals surface area contributed by atoms with Gasteiger partial charge in [-0.3, -0.25) is 9.97 Å². The van der Waals surface area contributed by atoms with Gasteiger partial charge in [0, 0.05) is 34.2 Å². The van der Waals surface area contributed by atoms with Crippen molar-refractivity contribution in [3.8, 4) is 22.8 Å². The Bertz CT molecular complexity index is 1780. The summed E-state index contributed by atoms with van der Waals surface area (Å²) in [5.41, 5.74) is 7.48. The Morgan fingerprint density at radius 3 is 2.18 bits per heavy atom. The summed E-state index contributed by atoms with van der Waals surface area (Å²) in [4.78, 5) is 9.15. The van der Waals surface area contributed by atoms with E-state index in [4.69, 9.17) is 4.98 Å². The summed E-state index contributed by atoms with van der Waals surface area (Å²) >= 11 is 0. The first-order chi connectivity index (χ1) is 16.9. The zero-order valence-corrected chi connectivity index (χ0v) is 18.3. The fraction of sp³-hybridized carbons (Fsp3) is 0. The van der Waals surface area contributed by atoms with Gasteiger partial charge in [-0.25, -0.2) is 0 Å². The molecule has 0 unspecified atom stereocenters. The molecule has 4 aromatic heterocycles. The van der Waals surface area contributed by atoms with E-state index in [1.807, 2.05) is 30.5 Å². The second-order valence-corrected chi connectivity index (χ2v) is 8.39. The summed E-state index contributed by atoms with van der Waals surface area (Å²) < 4.78 is 4.62. The van der Waals surface area contributed by atoms with Crippen LogP contribution in [0.5, 0.6) is 0 Å². The zero-order valence-electron chi connectivity index (χ0n) is 18.3. The molecule has 0 N–H and O–H groups in total. The summed E-state index contributed by atoms with van der Waals surface area (Å²) in [5, 5.41) is 3.69. The number of hydrogen-bond donors (Lipinski definition) is 0. The predicted octanol–water partition coefficient (Wildman–Crippen LogP) is 7.18. The second kappa shape index (κ2) is 7.42. The third kappa shape index (κ3) is 2.79. The molecular formula is C30H20N4. The number of hydrogen-bond acceptors (Lipinski definition) is 2.